The molecule has 0 amide bonds. The van der Waals surface area contributed by atoms with Crippen LogP contribution in [0.15, 0.2) is 10.9 Å². The lowest BCUT2D eigenvalue weighted by Gasteiger charge is -1.96. The standard InChI is InChI=1S/C7H8N2O2/c8-5-1-4-2-11-3-6(4)9-7(5)10/h1H,2-3,8H2,(H,9,10). The van der Waals surface area contributed by atoms with Gasteiger partial charge in [0.25, 0.3) is 5.56 Å². The van der Waals surface area contributed by atoms with Crippen LogP contribution >= 0.6 is 0 Å². The summed E-state index contributed by atoms with van der Waals surface area (Å²) in [4.78, 5) is 13.6. The fourth-order valence-electron chi connectivity index (χ4n) is 1.15. The van der Waals surface area contributed by atoms with Gasteiger partial charge in [-0.25, -0.2) is 0 Å². The minimum Gasteiger partial charge on any atom is -0.394 e. The van der Waals surface area contributed by atoms with Gasteiger partial charge in [-0.3, -0.25) is 4.79 Å². The molecule has 0 radical (unpaired) electrons. The maximum atomic E-state index is 10.9. The first-order valence-corrected chi connectivity index (χ1v) is 3.35. The number of rotatable bonds is 0. The van der Waals surface area contributed by atoms with Crippen molar-refractivity contribution in [3.63, 3.8) is 0 Å². The molecule has 0 unspecified atom stereocenters. The van der Waals surface area contributed by atoms with Gasteiger partial charge in [0.05, 0.1) is 18.9 Å². The Balaban J connectivity index is 2.66. The summed E-state index contributed by atoms with van der Waals surface area (Å²) in [6.45, 7) is 1.04. The van der Waals surface area contributed by atoms with Crippen LogP contribution in [0.25, 0.3) is 0 Å². The third-order valence-electron chi connectivity index (χ3n) is 1.75. The molecule has 0 aromatic carbocycles. The first kappa shape index (κ1) is 6.42. The Kier molecular flexibility index (Phi) is 1.22. The summed E-state index contributed by atoms with van der Waals surface area (Å²) >= 11 is 0. The van der Waals surface area contributed by atoms with Crippen molar-refractivity contribution in [1.29, 1.82) is 0 Å². The molecule has 0 aliphatic carbocycles. The van der Waals surface area contributed by atoms with Crippen molar-refractivity contribution >= 4 is 5.69 Å². The average molecular weight is 152 g/mol. The molecule has 1 aromatic heterocycles. The summed E-state index contributed by atoms with van der Waals surface area (Å²) in [5.74, 6) is 0. The number of hydrogen-bond acceptors (Lipinski definition) is 3. The lowest BCUT2D eigenvalue weighted by molar-refractivity contribution is 0.133. The Bertz CT molecular complexity index is 343. The highest BCUT2D eigenvalue weighted by atomic mass is 16.5. The number of fused-ring (bicyclic) bond motifs is 1. The molecule has 4 heteroatoms. The monoisotopic (exact) mass is 152 g/mol. The van der Waals surface area contributed by atoms with Crippen molar-refractivity contribution in [3.8, 4) is 0 Å². The van der Waals surface area contributed by atoms with Crippen molar-refractivity contribution in [1.82, 2.24) is 4.98 Å². The van der Waals surface area contributed by atoms with Crippen molar-refractivity contribution in [2.24, 2.45) is 0 Å². The summed E-state index contributed by atoms with van der Waals surface area (Å²) in [6.07, 6.45) is 0. The highest BCUT2D eigenvalue weighted by Crippen LogP contribution is 2.16. The van der Waals surface area contributed by atoms with Crippen molar-refractivity contribution in [2.75, 3.05) is 5.73 Å². The lowest BCUT2D eigenvalue weighted by atomic mass is 10.2. The molecule has 1 aromatic rings. The summed E-state index contributed by atoms with van der Waals surface area (Å²) in [5.41, 5.74) is 7.26. The number of aromatic nitrogens is 1. The fraction of sp³-hybridized carbons (Fsp3) is 0.286. The summed E-state index contributed by atoms with van der Waals surface area (Å²) in [7, 11) is 0. The predicted molar refractivity (Wildman–Crippen MR) is 40.0 cm³/mol. The fourth-order valence-corrected chi connectivity index (χ4v) is 1.15. The molecule has 58 valence electrons. The van der Waals surface area contributed by atoms with E-state index in [9.17, 15) is 4.79 Å². The molecule has 1 aliphatic rings. The summed E-state index contributed by atoms with van der Waals surface area (Å²) < 4.78 is 5.10. The van der Waals surface area contributed by atoms with Gasteiger partial charge >= 0.3 is 0 Å². The van der Waals surface area contributed by atoms with Crippen molar-refractivity contribution < 1.29 is 4.74 Å². The van der Waals surface area contributed by atoms with Crippen LogP contribution in [0.4, 0.5) is 5.69 Å². The summed E-state index contributed by atoms with van der Waals surface area (Å²) in [6, 6.07) is 1.67. The number of hydrogen-bond donors (Lipinski definition) is 2. The molecule has 0 bridgehead atoms. The molecule has 0 fully saturated rings. The first-order valence-electron chi connectivity index (χ1n) is 3.35. The average Bonchev–Trinajstić information content (AvgIpc) is 2.36. The number of pyridine rings is 1. The third kappa shape index (κ3) is 0.914. The van der Waals surface area contributed by atoms with Gasteiger partial charge in [-0.2, -0.15) is 0 Å². The number of nitrogens with one attached hydrogen (secondary N) is 1. The molecule has 2 heterocycles. The maximum Gasteiger partial charge on any atom is 0.271 e. The van der Waals surface area contributed by atoms with Gasteiger partial charge in [0.1, 0.15) is 0 Å². The minimum atomic E-state index is -0.228. The zero-order valence-electron chi connectivity index (χ0n) is 5.89. The van der Waals surface area contributed by atoms with Crippen molar-refractivity contribution in [2.45, 2.75) is 13.2 Å². The number of aromatic amines is 1. The Hall–Kier alpha value is -1.29. The van der Waals surface area contributed by atoms with E-state index in [1.807, 2.05) is 0 Å². The van der Waals surface area contributed by atoms with E-state index in [2.05, 4.69) is 4.98 Å². The van der Waals surface area contributed by atoms with E-state index in [1.54, 1.807) is 6.07 Å². The zero-order chi connectivity index (χ0) is 7.84. The molecule has 0 atom stereocenters. The van der Waals surface area contributed by atoms with Gasteiger partial charge in [0, 0.05) is 11.3 Å². The van der Waals surface area contributed by atoms with Gasteiger partial charge in [-0.1, -0.05) is 0 Å². The molecule has 4 nitrogen and oxygen atoms in total. The van der Waals surface area contributed by atoms with E-state index < -0.39 is 0 Å². The van der Waals surface area contributed by atoms with E-state index >= 15 is 0 Å². The van der Waals surface area contributed by atoms with Crippen LogP contribution in [-0.4, -0.2) is 4.98 Å². The van der Waals surface area contributed by atoms with Gasteiger partial charge in [0.2, 0.25) is 0 Å². The van der Waals surface area contributed by atoms with Gasteiger partial charge < -0.3 is 15.5 Å². The Morgan fingerprint density at radius 1 is 1.55 bits per heavy atom. The van der Waals surface area contributed by atoms with Crippen LogP contribution in [0.3, 0.4) is 0 Å². The topological polar surface area (TPSA) is 68.1 Å². The highest BCUT2D eigenvalue weighted by Gasteiger charge is 2.12. The quantitative estimate of drug-likeness (QED) is 0.549. The van der Waals surface area contributed by atoms with Crippen LogP contribution < -0.4 is 11.3 Å². The van der Waals surface area contributed by atoms with Gasteiger partial charge in [-0.15, -0.1) is 0 Å². The minimum absolute atomic E-state index is 0.228. The number of ether oxygens (including phenoxy) is 1. The number of nitrogens with two attached hydrogens (primary N) is 1. The van der Waals surface area contributed by atoms with Gasteiger partial charge in [0.15, 0.2) is 0 Å². The van der Waals surface area contributed by atoms with Crippen LogP contribution in [-0.2, 0) is 18.0 Å². The number of H-pyrrole nitrogens is 1. The number of anilines is 1. The van der Waals surface area contributed by atoms with Crippen LogP contribution in [0.2, 0.25) is 0 Å². The van der Waals surface area contributed by atoms with E-state index in [-0.39, 0.29) is 11.2 Å². The molecule has 0 saturated heterocycles. The predicted octanol–water partition coefficient (Wildman–Crippen LogP) is -0.0127. The third-order valence-corrected chi connectivity index (χ3v) is 1.75. The van der Waals surface area contributed by atoms with Crippen LogP contribution in [0.1, 0.15) is 11.3 Å². The molecule has 11 heavy (non-hydrogen) atoms. The maximum absolute atomic E-state index is 10.9. The van der Waals surface area contributed by atoms with E-state index in [0.717, 1.165) is 11.3 Å². The van der Waals surface area contributed by atoms with E-state index in [1.165, 1.54) is 0 Å². The second-order valence-corrected chi connectivity index (χ2v) is 2.55. The van der Waals surface area contributed by atoms with E-state index in [4.69, 9.17) is 10.5 Å². The molecule has 0 spiro atoms. The largest absolute Gasteiger partial charge is 0.394 e. The molecular weight excluding hydrogens is 144 g/mol. The number of nitrogen functional groups attached to an aromatic ring is 1. The Morgan fingerprint density at radius 3 is 3.18 bits per heavy atom. The smallest absolute Gasteiger partial charge is 0.271 e. The second-order valence-electron chi connectivity index (χ2n) is 2.55. The lowest BCUT2D eigenvalue weighted by Crippen LogP contribution is -2.13. The van der Waals surface area contributed by atoms with Crippen LogP contribution in [0.5, 0.6) is 0 Å². The highest BCUT2D eigenvalue weighted by molar-refractivity contribution is 5.40. The normalized spacial score (nSPS) is 14.9. The second kappa shape index (κ2) is 2.10. The zero-order valence-corrected chi connectivity index (χ0v) is 5.89. The summed E-state index contributed by atoms with van der Waals surface area (Å²) in [5, 5.41) is 0. The van der Waals surface area contributed by atoms with Gasteiger partial charge in [-0.05, 0) is 6.07 Å². The molecule has 3 N–H and O–H groups in total. The molecule has 1 aliphatic heterocycles. The molecular formula is C7H8N2O2. The Morgan fingerprint density at radius 2 is 2.36 bits per heavy atom. The molecule has 0 saturated carbocycles. The van der Waals surface area contributed by atoms with E-state index in [0.29, 0.717) is 13.2 Å². The molecule has 2 rings (SSSR count). The SMILES string of the molecule is Nc1cc2c([nH]c1=O)COC2. The Labute approximate surface area is 63.0 Å². The van der Waals surface area contributed by atoms with Crippen molar-refractivity contribution in [3.05, 3.63) is 27.7 Å². The van der Waals surface area contributed by atoms with Crippen LogP contribution in [0, 0.1) is 0 Å². The first-order chi connectivity index (χ1) is 5.27.